The summed E-state index contributed by atoms with van der Waals surface area (Å²) >= 11 is 5.91. The SMILES string of the molecule is O=C1C(=O)N(c2ccccc2)[C@@H](c2ccc(F)cc2)/C1=C(\O)c1ccc(Cl)cc1. The number of halogens is 2. The van der Waals surface area contributed by atoms with Crippen LogP contribution in [-0.2, 0) is 9.59 Å². The molecule has 1 aliphatic rings. The van der Waals surface area contributed by atoms with Crippen molar-refractivity contribution in [2.24, 2.45) is 0 Å². The molecule has 1 N–H and O–H groups in total. The van der Waals surface area contributed by atoms with Crippen LogP contribution in [0.25, 0.3) is 5.76 Å². The fraction of sp³-hybridized carbons (Fsp3) is 0.0435. The molecule has 6 heteroatoms. The minimum Gasteiger partial charge on any atom is -0.507 e. The Morgan fingerprint density at radius 2 is 1.52 bits per heavy atom. The maximum absolute atomic E-state index is 13.5. The lowest BCUT2D eigenvalue weighted by Gasteiger charge is -2.25. The Bertz CT molecular complexity index is 1110. The van der Waals surface area contributed by atoms with Gasteiger partial charge in [-0.1, -0.05) is 41.9 Å². The molecule has 0 radical (unpaired) electrons. The lowest BCUT2D eigenvalue weighted by atomic mass is 9.95. The number of anilines is 1. The molecule has 3 aromatic rings. The van der Waals surface area contributed by atoms with Crippen molar-refractivity contribution in [3.8, 4) is 0 Å². The van der Waals surface area contributed by atoms with Crippen molar-refractivity contribution in [3.63, 3.8) is 0 Å². The number of benzene rings is 3. The number of rotatable bonds is 3. The van der Waals surface area contributed by atoms with E-state index in [4.69, 9.17) is 11.6 Å². The third-order valence-corrected chi connectivity index (χ3v) is 5.03. The van der Waals surface area contributed by atoms with Gasteiger partial charge in [-0.2, -0.15) is 0 Å². The molecule has 1 saturated heterocycles. The second-order valence-electron chi connectivity index (χ2n) is 6.56. The van der Waals surface area contributed by atoms with Crippen molar-refractivity contribution in [1.82, 2.24) is 0 Å². The fourth-order valence-corrected chi connectivity index (χ4v) is 3.54. The number of para-hydroxylation sites is 1. The Morgan fingerprint density at radius 3 is 2.14 bits per heavy atom. The first-order valence-electron chi connectivity index (χ1n) is 8.85. The highest BCUT2D eigenvalue weighted by molar-refractivity contribution is 6.51. The first-order valence-corrected chi connectivity index (χ1v) is 9.22. The zero-order valence-electron chi connectivity index (χ0n) is 15.0. The summed E-state index contributed by atoms with van der Waals surface area (Å²) in [5.74, 6) is -2.33. The minimum atomic E-state index is -0.895. The van der Waals surface area contributed by atoms with Gasteiger partial charge in [0.05, 0.1) is 11.6 Å². The average molecular weight is 408 g/mol. The number of hydrogen-bond acceptors (Lipinski definition) is 3. The molecular weight excluding hydrogens is 393 g/mol. The lowest BCUT2D eigenvalue weighted by Crippen LogP contribution is -2.29. The van der Waals surface area contributed by atoms with Crippen LogP contribution in [0.4, 0.5) is 10.1 Å². The third-order valence-electron chi connectivity index (χ3n) is 4.78. The average Bonchev–Trinajstić information content (AvgIpc) is 3.00. The molecule has 1 aliphatic heterocycles. The second kappa shape index (κ2) is 7.53. The maximum atomic E-state index is 13.5. The van der Waals surface area contributed by atoms with Crippen molar-refractivity contribution in [2.75, 3.05) is 4.90 Å². The number of carbonyl (C=O) groups is 2. The molecule has 0 saturated carbocycles. The monoisotopic (exact) mass is 407 g/mol. The second-order valence-corrected chi connectivity index (χ2v) is 7.00. The molecule has 0 unspecified atom stereocenters. The summed E-state index contributed by atoms with van der Waals surface area (Å²) in [7, 11) is 0. The Kier molecular flexibility index (Phi) is 4.91. The molecule has 4 rings (SSSR count). The molecule has 0 aromatic heterocycles. The van der Waals surface area contributed by atoms with Crippen LogP contribution in [0.15, 0.2) is 84.4 Å². The molecule has 1 atom stereocenters. The first-order chi connectivity index (χ1) is 14.0. The van der Waals surface area contributed by atoms with Crippen LogP contribution in [0.5, 0.6) is 0 Å². The Labute approximate surface area is 171 Å². The van der Waals surface area contributed by atoms with Crippen LogP contribution in [0, 0.1) is 5.82 Å². The van der Waals surface area contributed by atoms with Gasteiger partial charge in [0, 0.05) is 16.3 Å². The number of amides is 1. The van der Waals surface area contributed by atoms with Crippen molar-refractivity contribution >= 4 is 34.7 Å². The smallest absolute Gasteiger partial charge is 0.300 e. The summed E-state index contributed by atoms with van der Waals surface area (Å²) in [4.78, 5) is 27.1. The topological polar surface area (TPSA) is 57.6 Å². The van der Waals surface area contributed by atoms with Crippen molar-refractivity contribution in [3.05, 3.63) is 106 Å². The van der Waals surface area contributed by atoms with Crippen LogP contribution < -0.4 is 4.90 Å². The molecule has 1 heterocycles. The van der Waals surface area contributed by atoms with Crippen molar-refractivity contribution < 1.29 is 19.1 Å². The van der Waals surface area contributed by atoms with E-state index in [1.54, 1.807) is 54.6 Å². The summed E-state index contributed by atoms with van der Waals surface area (Å²) < 4.78 is 13.5. The van der Waals surface area contributed by atoms with Gasteiger partial charge in [-0.15, -0.1) is 0 Å². The molecule has 0 bridgehead atoms. The van der Waals surface area contributed by atoms with E-state index in [0.717, 1.165) is 0 Å². The molecule has 0 spiro atoms. The summed E-state index contributed by atoms with van der Waals surface area (Å²) in [5, 5.41) is 11.4. The predicted octanol–water partition coefficient (Wildman–Crippen LogP) is 5.11. The number of nitrogens with zero attached hydrogens (tertiary/aromatic N) is 1. The van der Waals surface area contributed by atoms with Crippen LogP contribution in [-0.4, -0.2) is 16.8 Å². The number of hydrogen-bond donors (Lipinski definition) is 1. The van der Waals surface area contributed by atoms with Gasteiger partial charge in [-0.05, 0) is 54.1 Å². The van der Waals surface area contributed by atoms with E-state index in [2.05, 4.69) is 0 Å². The number of carbonyl (C=O) groups excluding carboxylic acids is 2. The molecule has 0 aliphatic carbocycles. The standard InChI is InChI=1S/C23H15ClFNO3/c24-16-10-6-15(7-11-16)21(27)19-20(14-8-12-17(25)13-9-14)26(23(29)22(19)28)18-4-2-1-3-5-18/h1-13,20,27H/b21-19+/t20-/m0/s1. The van der Waals surface area contributed by atoms with Gasteiger partial charge >= 0.3 is 0 Å². The number of ketones is 1. The number of aliphatic hydroxyl groups excluding tert-OH is 1. The minimum absolute atomic E-state index is 0.0622. The fourth-order valence-electron chi connectivity index (χ4n) is 3.41. The van der Waals surface area contributed by atoms with Crippen LogP contribution in [0.1, 0.15) is 17.2 Å². The summed E-state index contributed by atoms with van der Waals surface area (Å²) in [6.07, 6.45) is 0. The maximum Gasteiger partial charge on any atom is 0.300 e. The predicted molar refractivity (Wildman–Crippen MR) is 109 cm³/mol. The molecule has 4 nitrogen and oxygen atoms in total. The Morgan fingerprint density at radius 1 is 0.897 bits per heavy atom. The van der Waals surface area contributed by atoms with Gasteiger partial charge in [-0.3, -0.25) is 14.5 Å². The first kappa shape index (κ1) is 18.9. The Balaban J connectivity index is 1.94. The van der Waals surface area contributed by atoms with Crippen LogP contribution in [0.3, 0.4) is 0 Å². The molecular formula is C23H15ClFNO3. The van der Waals surface area contributed by atoms with Crippen LogP contribution in [0.2, 0.25) is 5.02 Å². The molecule has 3 aromatic carbocycles. The normalized spacial score (nSPS) is 18.3. The van der Waals surface area contributed by atoms with E-state index in [1.165, 1.54) is 29.2 Å². The summed E-state index contributed by atoms with van der Waals surface area (Å²) in [5.41, 5.74) is 1.30. The van der Waals surface area contributed by atoms with Gasteiger partial charge < -0.3 is 5.11 Å². The van der Waals surface area contributed by atoms with Gasteiger partial charge in [0.15, 0.2) is 0 Å². The summed E-state index contributed by atoms with van der Waals surface area (Å²) in [6.45, 7) is 0. The quantitative estimate of drug-likeness (QED) is 0.373. The largest absolute Gasteiger partial charge is 0.507 e. The molecule has 1 fully saturated rings. The van der Waals surface area contributed by atoms with Crippen molar-refractivity contribution in [2.45, 2.75) is 6.04 Å². The van der Waals surface area contributed by atoms with Crippen molar-refractivity contribution in [1.29, 1.82) is 0 Å². The zero-order chi connectivity index (χ0) is 20.5. The zero-order valence-corrected chi connectivity index (χ0v) is 15.8. The van der Waals surface area contributed by atoms with E-state index < -0.39 is 23.5 Å². The number of Topliss-reactive ketones (excluding diaryl/α,β-unsaturated/α-hetero) is 1. The molecule has 1 amide bonds. The van der Waals surface area contributed by atoms with E-state index in [-0.39, 0.29) is 11.3 Å². The highest BCUT2D eigenvalue weighted by Crippen LogP contribution is 2.42. The third kappa shape index (κ3) is 3.41. The Hall–Kier alpha value is -3.44. The van der Waals surface area contributed by atoms with E-state index in [0.29, 0.717) is 21.8 Å². The van der Waals surface area contributed by atoms with E-state index in [1.807, 2.05) is 0 Å². The van der Waals surface area contributed by atoms with Gasteiger partial charge in [0.25, 0.3) is 11.7 Å². The highest BCUT2D eigenvalue weighted by atomic mass is 35.5. The van der Waals surface area contributed by atoms with Gasteiger partial charge in [-0.25, -0.2) is 4.39 Å². The highest BCUT2D eigenvalue weighted by Gasteiger charge is 2.46. The molecule has 29 heavy (non-hydrogen) atoms. The summed E-state index contributed by atoms with van der Waals surface area (Å²) in [6, 6.07) is 19.6. The molecule has 144 valence electrons. The van der Waals surface area contributed by atoms with Crippen LogP contribution >= 0.6 is 11.6 Å². The van der Waals surface area contributed by atoms with E-state index >= 15 is 0 Å². The number of aliphatic hydroxyl groups is 1. The van der Waals surface area contributed by atoms with Gasteiger partial charge in [0.1, 0.15) is 11.6 Å². The van der Waals surface area contributed by atoms with Gasteiger partial charge in [0.2, 0.25) is 0 Å². The lowest BCUT2D eigenvalue weighted by molar-refractivity contribution is -0.132. The van der Waals surface area contributed by atoms with E-state index in [9.17, 15) is 19.1 Å².